The number of hydrogen-bond donors (Lipinski definition) is 2. The van der Waals surface area contributed by atoms with Gasteiger partial charge >= 0.3 is 0 Å². The first kappa shape index (κ1) is 13.7. The molecule has 110 valence electrons. The van der Waals surface area contributed by atoms with Crippen LogP contribution in [0.2, 0.25) is 0 Å². The van der Waals surface area contributed by atoms with Crippen LogP contribution in [0.15, 0.2) is 45.9 Å². The summed E-state index contributed by atoms with van der Waals surface area (Å²) in [6.07, 6.45) is 5.64. The van der Waals surface area contributed by atoms with Crippen molar-refractivity contribution in [3.63, 3.8) is 0 Å². The fourth-order valence-electron chi connectivity index (χ4n) is 2.27. The van der Waals surface area contributed by atoms with E-state index in [4.69, 9.17) is 10.2 Å². The van der Waals surface area contributed by atoms with Crippen LogP contribution in [0.1, 0.15) is 25.2 Å². The van der Waals surface area contributed by atoms with E-state index in [9.17, 15) is 0 Å². The van der Waals surface area contributed by atoms with Gasteiger partial charge in [-0.2, -0.15) is 0 Å². The summed E-state index contributed by atoms with van der Waals surface area (Å²) in [5, 5.41) is 3.15. The fraction of sp³-hybridized carbons (Fsp3) is 0.375. The molecule has 1 aromatic heterocycles. The Morgan fingerprint density at radius 1 is 1.33 bits per heavy atom. The molecule has 0 aliphatic heterocycles. The summed E-state index contributed by atoms with van der Waals surface area (Å²) in [6, 6.07) is 9.89. The maximum absolute atomic E-state index is 5.84. The SMILES string of the molecule is NC(=NCc1ncc(-c2ccccc2)o1)NCC1CCC1. The van der Waals surface area contributed by atoms with Crippen molar-refractivity contribution < 1.29 is 4.42 Å². The zero-order valence-electron chi connectivity index (χ0n) is 12.0. The van der Waals surface area contributed by atoms with Gasteiger partial charge in [0.05, 0.1) is 6.20 Å². The van der Waals surface area contributed by atoms with Crippen molar-refractivity contribution in [3.8, 4) is 11.3 Å². The van der Waals surface area contributed by atoms with Crippen molar-refractivity contribution in [2.45, 2.75) is 25.8 Å². The van der Waals surface area contributed by atoms with Gasteiger partial charge in [0.25, 0.3) is 0 Å². The van der Waals surface area contributed by atoms with Crippen molar-refractivity contribution in [1.82, 2.24) is 10.3 Å². The van der Waals surface area contributed by atoms with E-state index in [0.29, 0.717) is 18.4 Å². The summed E-state index contributed by atoms with van der Waals surface area (Å²) >= 11 is 0. The second kappa shape index (κ2) is 6.43. The number of guanidine groups is 1. The minimum atomic E-state index is 0.357. The van der Waals surface area contributed by atoms with Crippen molar-refractivity contribution in [2.24, 2.45) is 16.6 Å². The average molecular weight is 284 g/mol. The van der Waals surface area contributed by atoms with Crippen molar-refractivity contribution in [3.05, 3.63) is 42.4 Å². The van der Waals surface area contributed by atoms with Crippen LogP contribution in [0, 0.1) is 5.92 Å². The molecule has 5 heteroatoms. The van der Waals surface area contributed by atoms with Gasteiger partial charge in [-0.05, 0) is 18.8 Å². The molecule has 1 saturated carbocycles. The van der Waals surface area contributed by atoms with E-state index >= 15 is 0 Å². The number of aliphatic imine (C=N–C) groups is 1. The second-order valence-corrected chi connectivity index (χ2v) is 5.36. The summed E-state index contributed by atoms with van der Waals surface area (Å²) in [5.74, 6) is 2.54. The Morgan fingerprint density at radius 2 is 2.14 bits per heavy atom. The number of rotatable bonds is 5. The van der Waals surface area contributed by atoms with Crippen LogP contribution < -0.4 is 11.1 Å². The lowest BCUT2D eigenvalue weighted by molar-refractivity contribution is 0.315. The van der Waals surface area contributed by atoms with E-state index in [0.717, 1.165) is 23.8 Å². The topological polar surface area (TPSA) is 76.4 Å². The van der Waals surface area contributed by atoms with Gasteiger partial charge in [0, 0.05) is 12.1 Å². The standard InChI is InChI=1S/C16H20N4O/c17-16(19-9-12-5-4-6-12)20-11-15-18-10-14(21-15)13-7-2-1-3-8-13/h1-3,7-8,10,12H,4-6,9,11H2,(H3,17,19,20). The van der Waals surface area contributed by atoms with E-state index in [1.54, 1.807) is 6.20 Å². The van der Waals surface area contributed by atoms with Gasteiger partial charge in [0.2, 0.25) is 5.89 Å². The van der Waals surface area contributed by atoms with Gasteiger partial charge in [-0.25, -0.2) is 9.98 Å². The van der Waals surface area contributed by atoms with Crippen LogP contribution in [0.4, 0.5) is 0 Å². The van der Waals surface area contributed by atoms with Crippen LogP contribution in [0.5, 0.6) is 0 Å². The number of benzene rings is 1. The second-order valence-electron chi connectivity index (χ2n) is 5.36. The van der Waals surface area contributed by atoms with Gasteiger partial charge in [0.15, 0.2) is 11.7 Å². The maximum Gasteiger partial charge on any atom is 0.216 e. The number of nitrogens with zero attached hydrogens (tertiary/aromatic N) is 2. The number of nitrogens with two attached hydrogens (primary N) is 1. The van der Waals surface area contributed by atoms with Gasteiger partial charge in [-0.15, -0.1) is 0 Å². The molecular formula is C16H20N4O. The highest BCUT2D eigenvalue weighted by Gasteiger charge is 2.16. The molecule has 5 nitrogen and oxygen atoms in total. The molecule has 0 saturated heterocycles. The molecule has 21 heavy (non-hydrogen) atoms. The summed E-state index contributed by atoms with van der Waals surface area (Å²) in [6.45, 7) is 1.27. The number of hydrogen-bond acceptors (Lipinski definition) is 3. The Balaban J connectivity index is 1.54. The Hall–Kier alpha value is -2.30. The van der Waals surface area contributed by atoms with Gasteiger partial charge in [-0.3, -0.25) is 0 Å². The number of nitrogens with one attached hydrogen (secondary N) is 1. The van der Waals surface area contributed by atoms with Crippen LogP contribution >= 0.6 is 0 Å². The molecule has 1 aliphatic carbocycles. The van der Waals surface area contributed by atoms with Crippen molar-refractivity contribution in [1.29, 1.82) is 0 Å². The first-order valence-electron chi connectivity index (χ1n) is 7.35. The third kappa shape index (κ3) is 3.62. The predicted molar refractivity (Wildman–Crippen MR) is 82.6 cm³/mol. The highest BCUT2D eigenvalue weighted by Crippen LogP contribution is 2.25. The lowest BCUT2D eigenvalue weighted by atomic mass is 9.85. The highest BCUT2D eigenvalue weighted by atomic mass is 16.4. The smallest absolute Gasteiger partial charge is 0.216 e. The van der Waals surface area contributed by atoms with Gasteiger partial charge in [0.1, 0.15) is 6.54 Å². The molecule has 0 radical (unpaired) electrons. The molecule has 0 amide bonds. The molecule has 2 aromatic rings. The molecule has 0 unspecified atom stereocenters. The van der Waals surface area contributed by atoms with E-state index < -0.39 is 0 Å². The average Bonchev–Trinajstić information content (AvgIpc) is 2.93. The van der Waals surface area contributed by atoms with E-state index in [2.05, 4.69) is 15.3 Å². The molecule has 1 fully saturated rings. The zero-order chi connectivity index (χ0) is 14.5. The summed E-state index contributed by atoms with van der Waals surface area (Å²) in [7, 11) is 0. The third-order valence-electron chi connectivity index (χ3n) is 3.79. The molecule has 1 aromatic carbocycles. The van der Waals surface area contributed by atoms with Gasteiger partial charge < -0.3 is 15.5 Å². The molecule has 3 rings (SSSR count). The molecule has 1 aliphatic rings. The van der Waals surface area contributed by atoms with Crippen molar-refractivity contribution >= 4 is 5.96 Å². The molecule has 1 heterocycles. The minimum absolute atomic E-state index is 0.357. The quantitative estimate of drug-likeness (QED) is 0.653. The lowest BCUT2D eigenvalue weighted by Gasteiger charge is -2.25. The normalized spacial score (nSPS) is 15.7. The number of oxazole rings is 1. The Labute approximate surface area is 124 Å². The maximum atomic E-state index is 5.84. The highest BCUT2D eigenvalue weighted by molar-refractivity contribution is 5.77. The fourth-order valence-corrected chi connectivity index (χ4v) is 2.27. The Bertz CT molecular complexity index is 602. The zero-order valence-corrected chi connectivity index (χ0v) is 12.0. The van der Waals surface area contributed by atoms with E-state index in [1.807, 2.05) is 30.3 Å². The summed E-state index contributed by atoms with van der Waals surface area (Å²) in [4.78, 5) is 8.49. The van der Waals surface area contributed by atoms with Crippen LogP contribution in [-0.2, 0) is 6.54 Å². The molecule has 0 bridgehead atoms. The molecule has 0 spiro atoms. The largest absolute Gasteiger partial charge is 0.439 e. The monoisotopic (exact) mass is 284 g/mol. The first-order valence-corrected chi connectivity index (χ1v) is 7.35. The van der Waals surface area contributed by atoms with E-state index in [-0.39, 0.29) is 0 Å². The Morgan fingerprint density at radius 3 is 2.86 bits per heavy atom. The summed E-state index contributed by atoms with van der Waals surface area (Å²) < 4.78 is 5.68. The Kier molecular flexibility index (Phi) is 4.19. The third-order valence-corrected chi connectivity index (χ3v) is 3.79. The first-order chi connectivity index (χ1) is 10.3. The molecule has 0 atom stereocenters. The minimum Gasteiger partial charge on any atom is -0.439 e. The molecule has 3 N–H and O–H groups in total. The predicted octanol–water partition coefficient (Wildman–Crippen LogP) is 2.55. The summed E-state index contributed by atoms with van der Waals surface area (Å²) in [5.41, 5.74) is 6.85. The van der Waals surface area contributed by atoms with Gasteiger partial charge in [-0.1, -0.05) is 36.8 Å². The van der Waals surface area contributed by atoms with Crippen LogP contribution in [0.25, 0.3) is 11.3 Å². The molecular weight excluding hydrogens is 264 g/mol. The van der Waals surface area contributed by atoms with Crippen molar-refractivity contribution in [2.75, 3.05) is 6.54 Å². The van der Waals surface area contributed by atoms with Crippen LogP contribution in [0.3, 0.4) is 0 Å². The lowest BCUT2D eigenvalue weighted by Crippen LogP contribution is -2.37. The number of aromatic nitrogens is 1. The van der Waals surface area contributed by atoms with E-state index in [1.165, 1.54) is 19.3 Å². The van der Waals surface area contributed by atoms with Crippen LogP contribution in [-0.4, -0.2) is 17.5 Å².